The Balaban J connectivity index is 1.69. The van der Waals surface area contributed by atoms with Crippen LogP contribution in [0.15, 0.2) is 0 Å². The minimum atomic E-state index is 0.401. The van der Waals surface area contributed by atoms with Crippen molar-refractivity contribution in [1.29, 1.82) is 0 Å². The highest BCUT2D eigenvalue weighted by molar-refractivity contribution is 4.88. The Morgan fingerprint density at radius 2 is 1.76 bits per heavy atom. The topological polar surface area (TPSA) is 18.5 Å². The van der Waals surface area contributed by atoms with Crippen LogP contribution in [0.2, 0.25) is 0 Å². The average molecular weight is 239 g/mol. The standard InChI is InChI=1S/C14H29N3/c1-4-15-11-14(2,3)12-16-7-9-17(10-8-16)13-5-6-13/h13,15H,4-12H2,1-3H3. The van der Waals surface area contributed by atoms with Gasteiger partial charge in [0.2, 0.25) is 0 Å². The molecule has 2 aliphatic rings. The molecule has 1 aliphatic heterocycles. The summed E-state index contributed by atoms with van der Waals surface area (Å²) in [6, 6.07) is 0.951. The van der Waals surface area contributed by atoms with Crippen LogP contribution in [0.1, 0.15) is 33.6 Å². The molecule has 0 radical (unpaired) electrons. The Kier molecular flexibility index (Phi) is 4.45. The SMILES string of the molecule is CCNCC(C)(C)CN1CCN(C2CC2)CC1. The van der Waals surface area contributed by atoms with E-state index in [0.717, 1.165) is 19.1 Å². The van der Waals surface area contributed by atoms with E-state index in [1.165, 1.54) is 45.6 Å². The van der Waals surface area contributed by atoms with E-state index in [2.05, 4.69) is 35.9 Å². The van der Waals surface area contributed by atoms with Gasteiger partial charge in [0.1, 0.15) is 0 Å². The molecule has 3 nitrogen and oxygen atoms in total. The molecule has 1 aliphatic carbocycles. The molecule has 0 atom stereocenters. The van der Waals surface area contributed by atoms with E-state index >= 15 is 0 Å². The summed E-state index contributed by atoms with van der Waals surface area (Å²) >= 11 is 0. The molecule has 1 N–H and O–H groups in total. The van der Waals surface area contributed by atoms with Crippen LogP contribution in [-0.2, 0) is 0 Å². The Labute approximate surface area is 107 Å². The third-order valence-corrected chi connectivity index (χ3v) is 3.98. The summed E-state index contributed by atoms with van der Waals surface area (Å²) in [4.78, 5) is 5.34. The van der Waals surface area contributed by atoms with E-state index in [1.807, 2.05) is 0 Å². The summed E-state index contributed by atoms with van der Waals surface area (Å²) in [5.74, 6) is 0. The first-order valence-corrected chi connectivity index (χ1v) is 7.28. The fraction of sp³-hybridized carbons (Fsp3) is 1.00. The second-order valence-corrected chi connectivity index (χ2v) is 6.49. The maximum Gasteiger partial charge on any atom is 0.0113 e. The van der Waals surface area contributed by atoms with Gasteiger partial charge in [-0.05, 0) is 24.8 Å². The monoisotopic (exact) mass is 239 g/mol. The highest BCUT2D eigenvalue weighted by Crippen LogP contribution is 2.28. The number of nitrogens with zero attached hydrogens (tertiary/aromatic N) is 2. The molecule has 1 heterocycles. The quantitative estimate of drug-likeness (QED) is 0.756. The third-order valence-electron chi connectivity index (χ3n) is 3.98. The van der Waals surface area contributed by atoms with Crippen LogP contribution in [-0.4, -0.2) is 61.7 Å². The summed E-state index contributed by atoms with van der Waals surface area (Å²) in [6.45, 7) is 15.5. The van der Waals surface area contributed by atoms with E-state index in [0.29, 0.717) is 5.41 Å². The lowest BCUT2D eigenvalue weighted by atomic mass is 9.92. The summed E-state index contributed by atoms with van der Waals surface area (Å²) in [6.07, 6.45) is 2.90. The molecule has 0 aromatic rings. The van der Waals surface area contributed by atoms with Gasteiger partial charge in [0.15, 0.2) is 0 Å². The predicted octanol–water partition coefficient (Wildman–Crippen LogP) is 1.40. The maximum atomic E-state index is 3.48. The van der Waals surface area contributed by atoms with Crippen LogP contribution in [0.4, 0.5) is 0 Å². The number of piperazine rings is 1. The van der Waals surface area contributed by atoms with Gasteiger partial charge in [-0.25, -0.2) is 0 Å². The number of nitrogens with one attached hydrogen (secondary N) is 1. The van der Waals surface area contributed by atoms with Crippen molar-refractivity contribution in [3.05, 3.63) is 0 Å². The molecule has 0 bridgehead atoms. The van der Waals surface area contributed by atoms with Gasteiger partial charge >= 0.3 is 0 Å². The zero-order chi connectivity index (χ0) is 12.3. The largest absolute Gasteiger partial charge is 0.316 e. The first kappa shape index (κ1) is 13.3. The lowest BCUT2D eigenvalue weighted by Gasteiger charge is -2.39. The number of hydrogen-bond donors (Lipinski definition) is 1. The molecule has 100 valence electrons. The van der Waals surface area contributed by atoms with Gasteiger partial charge in [0, 0.05) is 45.3 Å². The van der Waals surface area contributed by atoms with Crippen molar-refractivity contribution < 1.29 is 0 Å². The van der Waals surface area contributed by atoms with Crippen molar-refractivity contribution in [1.82, 2.24) is 15.1 Å². The zero-order valence-corrected chi connectivity index (χ0v) is 11.8. The minimum absolute atomic E-state index is 0.401. The lowest BCUT2D eigenvalue weighted by Crippen LogP contribution is -2.50. The Hall–Kier alpha value is -0.120. The molecular formula is C14H29N3. The predicted molar refractivity (Wildman–Crippen MR) is 73.4 cm³/mol. The molecule has 1 saturated heterocycles. The van der Waals surface area contributed by atoms with Crippen LogP contribution in [0.3, 0.4) is 0 Å². The number of hydrogen-bond acceptors (Lipinski definition) is 3. The zero-order valence-electron chi connectivity index (χ0n) is 11.8. The smallest absolute Gasteiger partial charge is 0.0113 e. The Morgan fingerprint density at radius 3 is 2.29 bits per heavy atom. The van der Waals surface area contributed by atoms with Crippen LogP contribution >= 0.6 is 0 Å². The van der Waals surface area contributed by atoms with E-state index in [9.17, 15) is 0 Å². The number of rotatable bonds is 6. The second-order valence-electron chi connectivity index (χ2n) is 6.49. The molecule has 2 rings (SSSR count). The van der Waals surface area contributed by atoms with Gasteiger partial charge in [-0.2, -0.15) is 0 Å². The van der Waals surface area contributed by atoms with Crippen molar-refractivity contribution in [2.75, 3.05) is 45.8 Å². The summed E-state index contributed by atoms with van der Waals surface area (Å²) in [5, 5.41) is 3.48. The normalized spacial score (nSPS) is 24.2. The Bertz CT molecular complexity index is 228. The summed E-state index contributed by atoms with van der Waals surface area (Å²) < 4.78 is 0. The van der Waals surface area contributed by atoms with Crippen molar-refractivity contribution in [2.45, 2.75) is 39.7 Å². The van der Waals surface area contributed by atoms with Gasteiger partial charge < -0.3 is 10.2 Å². The molecule has 0 aromatic heterocycles. The third kappa shape index (κ3) is 4.23. The molecule has 0 spiro atoms. The maximum absolute atomic E-state index is 3.48. The van der Waals surface area contributed by atoms with Gasteiger partial charge in [-0.1, -0.05) is 20.8 Å². The minimum Gasteiger partial charge on any atom is -0.316 e. The van der Waals surface area contributed by atoms with Crippen molar-refractivity contribution >= 4 is 0 Å². The second kappa shape index (κ2) is 5.68. The highest BCUT2D eigenvalue weighted by Gasteiger charge is 2.32. The molecular weight excluding hydrogens is 210 g/mol. The van der Waals surface area contributed by atoms with E-state index in [4.69, 9.17) is 0 Å². The fourth-order valence-corrected chi connectivity index (χ4v) is 2.85. The van der Waals surface area contributed by atoms with Crippen LogP contribution in [0.5, 0.6) is 0 Å². The van der Waals surface area contributed by atoms with Gasteiger partial charge in [-0.3, -0.25) is 4.90 Å². The van der Waals surface area contributed by atoms with Crippen LogP contribution in [0, 0.1) is 5.41 Å². The van der Waals surface area contributed by atoms with Crippen molar-refractivity contribution in [2.24, 2.45) is 5.41 Å². The van der Waals surface area contributed by atoms with Crippen LogP contribution in [0.25, 0.3) is 0 Å². The molecule has 3 heteroatoms. The molecule has 0 unspecified atom stereocenters. The molecule has 2 fully saturated rings. The highest BCUT2D eigenvalue weighted by atomic mass is 15.3. The van der Waals surface area contributed by atoms with Crippen LogP contribution < -0.4 is 5.32 Å². The van der Waals surface area contributed by atoms with E-state index in [-0.39, 0.29) is 0 Å². The molecule has 0 aromatic carbocycles. The molecule has 0 amide bonds. The Morgan fingerprint density at radius 1 is 1.12 bits per heavy atom. The first-order valence-electron chi connectivity index (χ1n) is 7.28. The van der Waals surface area contributed by atoms with Gasteiger partial charge in [0.05, 0.1) is 0 Å². The fourth-order valence-electron chi connectivity index (χ4n) is 2.85. The van der Waals surface area contributed by atoms with Crippen molar-refractivity contribution in [3.8, 4) is 0 Å². The van der Waals surface area contributed by atoms with Crippen molar-refractivity contribution in [3.63, 3.8) is 0 Å². The summed E-state index contributed by atoms with van der Waals surface area (Å²) in [7, 11) is 0. The summed E-state index contributed by atoms with van der Waals surface area (Å²) in [5.41, 5.74) is 0.401. The van der Waals surface area contributed by atoms with Gasteiger partial charge in [0.25, 0.3) is 0 Å². The first-order chi connectivity index (χ1) is 8.11. The molecule has 17 heavy (non-hydrogen) atoms. The average Bonchev–Trinajstić information content (AvgIpc) is 3.11. The van der Waals surface area contributed by atoms with Gasteiger partial charge in [-0.15, -0.1) is 0 Å². The van der Waals surface area contributed by atoms with E-state index in [1.54, 1.807) is 0 Å². The lowest BCUT2D eigenvalue weighted by molar-refractivity contribution is 0.0925. The van der Waals surface area contributed by atoms with E-state index < -0.39 is 0 Å². The molecule has 1 saturated carbocycles.